The van der Waals surface area contributed by atoms with Gasteiger partial charge in [-0.25, -0.2) is 13.5 Å². The van der Waals surface area contributed by atoms with Crippen LogP contribution in [0.2, 0.25) is 0 Å². The SMILES string of the molecule is O=CN(O)C(CS(=O)(=O)c1ccc(Oc2ccc(OC(F)(F)F)cc2)cc1)C1CC1. The zero-order chi connectivity index (χ0) is 21.9. The largest absolute Gasteiger partial charge is 0.573 e. The fourth-order valence-corrected chi connectivity index (χ4v) is 4.49. The van der Waals surface area contributed by atoms with Crippen molar-refractivity contribution in [3.05, 3.63) is 48.5 Å². The van der Waals surface area contributed by atoms with Crippen LogP contribution in [-0.4, -0.2) is 43.3 Å². The van der Waals surface area contributed by atoms with Gasteiger partial charge in [0.15, 0.2) is 9.84 Å². The first kappa shape index (κ1) is 21.9. The molecule has 162 valence electrons. The molecule has 11 heteroatoms. The van der Waals surface area contributed by atoms with Crippen LogP contribution in [0.1, 0.15) is 12.8 Å². The van der Waals surface area contributed by atoms with Crippen LogP contribution in [0, 0.1) is 5.92 Å². The second-order valence-corrected chi connectivity index (χ2v) is 8.80. The number of nitrogens with zero attached hydrogens (tertiary/aromatic N) is 1. The predicted molar refractivity (Wildman–Crippen MR) is 97.9 cm³/mol. The van der Waals surface area contributed by atoms with E-state index in [1.54, 1.807) is 0 Å². The number of rotatable bonds is 9. The lowest BCUT2D eigenvalue weighted by molar-refractivity contribution is -0.274. The van der Waals surface area contributed by atoms with Gasteiger partial charge in [-0.3, -0.25) is 10.0 Å². The Labute approximate surface area is 170 Å². The molecule has 1 fully saturated rings. The third kappa shape index (κ3) is 5.86. The molecule has 1 aliphatic rings. The highest BCUT2D eigenvalue weighted by atomic mass is 32.2. The summed E-state index contributed by atoms with van der Waals surface area (Å²) in [5.74, 6) is -0.352. The average Bonchev–Trinajstić information content (AvgIpc) is 3.51. The summed E-state index contributed by atoms with van der Waals surface area (Å²) in [7, 11) is -3.77. The van der Waals surface area contributed by atoms with E-state index in [9.17, 15) is 31.6 Å². The van der Waals surface area contributed by atoms with Crippen LogP contribution < -0.4 is 9.47 Å². The Morgan fingerprint density at radius 1 is 1.03 bits per heavy atom. The van der Waals surface area contributed by atoms with Gasteiger partial charge in [0.05, 0.1) is 16.7 Å². The minimum atomic E-state index is -4.79. The third-order valence-corrected chi connectivity index (χ3v) is 6.25. The number of carbonyl (C=O) groups excluding carboxylic acids is 1. The number of carbonyl (C=O) groups is 1. The summed E-state index contributed by atoms with van der Waals surface area (Å²) < 4.78 is 71.0. The lowest BCUT2D eigenvalue weighted by Crippen LogP contribution is -2.38. The number of alkyl halides is 3. The molecule has 3 rings (SSSR count). The highest BCUT2D eigenvalue weighted by molar-refractivity contribution is 7.91. The lowest BCUT2D eigenvalue weighted by atomic mass is 10.2. The second-order valence-electron chi connectivity index (χ2n) is 6.76. The molecule has 7 nitrogen and oxygen atoms in total. The van der Waals surface area contributed by atoms with E-state index in [-0.39, 0.29) is 28.7 Å². The van der Waals surface area contributed by atoms with Crippen molar-refractivity contribution in [1.82, 2.24) is 5.06 Å². The van der Waals surface area contributed by atoms with E-state index in [1.807, 2.05) is 0 Å². The lowest BCUT2D eigenvalue weighted by Gasteiger charge is -2.22. The van der Waals surface area contributed by atoms with Crippen LogP contribution in [-0.2, 0) is 14.6 Å². The smallest absolute Gasteiger partial charge is 0.457 e. The number of benzene rings is 2. The molecule has 0 saturated heterocycles. The van der Waals surface area contributed by atoms with E-state index < -0.39 is 33.7 Å². The summed E-state index contributed by atoms with van der Waals surface area (Å²) in [6.07, 6.45) is -3.11. The van der Waals surface area contributed by atoms with Gasteiger partial charge < -0.3 is 9.47 Å². The zero-order valence-corrected chi connectivity index (χ0v) is 16.3. The molecule has 1 saturated carbocycles. The van der Waals surface area contributed by atoms with E-state index in [4.69, 9.17) is 4.74 Å². The van der Waals surface area contributed by atoms with Gasteiger partial charge in [-0.05, 0) is 67.3 Å². The van der Waals surface area contributed by atoms with E-state index in [0.717, 1.165) is 25.0 Å². The molecule has 2 aromatic carbocycles. The number of ether oxygens (including phenoxy) is 2. The van der Waals surface area contributed by atoms with Crippen LogP contribution in [0.25, 0.3) is 0 Å². The maximum atomic E-state index is 12.6. The monoisotopic (exact) mass is 445 g/mol. The van der Waals surface area contributed by atoms with Crippen molar-refractivity contribution in [3.63, 3.8) is 0 Å². The maximum absolute atomic E-state index is 12.6. The molecule has 1 atom stereocenters. The highest BCUT2D eigenvalue weighted by Crippen LogP contribution is 2.36. The van der Waals surface area contributed by atoms with Crippen LogP contribution >= 0.6 is 0 Å². The van der Waals surface area contributed by atoms with Crippen LogP contribution in [0.4, 0.5) is 13.2 Å². The third-order valence-electron chi connectivity index (χ3n) is 4.48. The predicted octanol–water partition coefficient (Wildman–Crippen LogP) is 3.78. The summed E-state index contributed by atoms with van der Waals surface area (Å²) in [5.41, 5.74) is 0. The number of hydroxylamine groups is 2. The Bertz CT molecular complexity index is 973. The Hall–Kier alpha value is -2.79. The van der Waals surface area contributed by atoms with Crippen LogP contribution in [0.3, 0.4) is 0 Å². The molecule has 1 unspecified atom stereocenters. The minimum Gasteiger partial charge on any atom is -0.457 e. The molecule has 0 bridgehead atoms. The maximum Gasteiger partial charge on any atom is 0.573 e. The average molecular weight is 445 g/mol. The Morgan fingerprint density at radius 3 is 2.00 bits per heavy atom. The summed E-state index contributed by atoms with van der Waals surface area (Å²) in [5, 5.41) is 10.0. The molecule has 2 aromatic rings. The number of hydrogen-bond donors (Lipinski definition) is 1. The van der Waals surface area contributed by atoms with Crippen molar-refractivity contribution in [2.75, 3.05) is 5.75 Å². The fraction of sp³-hybridized carbons (Fsp3) is 0.316. The molecule has 0 radical (unpaired) electrons. The van der Waals surface area contributed by atoms with Gasteiger partial charge in [-0.1, -0.05) is 0 Å². The van der Waals surface area contributed by atoms with Crippen molar-refractivity contribution >= 4 is 16.2 Å². The molecule has 0 spiro atoms. The Balaban J connectivity index is 1.66. The molecule has 30 heavy (non-hydrogen) atoms. The number of halogens is 3. The summed E-state index contributed by atoms with van der Waals surface area (Å²) in [4.78, 5) is 10.8. The molecular weight excluding hydrogens is 427 g/mol. The first-order valence-electron chi connectivity index (χ1n) is 8.86. The normalized spacial score (nSPS) is 15.3. The molecule has 0 heterocycles. The van der Waals surface area contributed by atoms with Crippen LogP contribution in [0.5, 0.6) is 17.2 Å². The topological polar surface area (TPSA) is 93.1 Å². The highest BCUT2D eigenvalue weighted by Gasteiger charge is 2.38. The number of hydrogen-bond acceptors (Lipinski definition) is 6. The molecule has 1 N–H and O–H groups in total. The first-order chi connectivity index (χ1) is 14.1. The standard InChI is InChI=1S/C19H18F3NO6S/c20-19(21,22)29-16-5-3-14(4-6-16)28-15-7-9-17(10-8-15)30(26,27)11-18(13-1-2-13)23(25)12-24/h3-10,12-13,18,25H,1-2,11H2. The van der Waals surface area contributed by atoms with Crippen molar-refractivity contribution in [3.8, 4) is 17.2 Å². The van der Waals surface area contributed by atoms with E-state index >= 15 is 0 Å². The van der Waals surface area contributed by atoms with E-state index in [1.165, 1.54) is 36.4 Å². The van der Waals surface area contributed by atoms with Gasteiger partial charge in [0.25, 0.3) is 0 Å². The minimum absolute atomic E-state index is 0.00581. The molecular formula is C19H18F3NO6S. The van der Waals surface area contributed by atoms with Crippen molar-refractivity contribution in [2.24, 2.45) is 5.92 Å². The zero-order valence-electron chi connectivity index (χ0n) is 15.4. The Morgan fingerprint density at radius 2 is 1.53 bits per heavy atom. The van der Waals surface area contributed by atoms with Gasteiger partial charge in [-0.2, -0.15) is 0 Å². The molecule has 1 amide bonds. The van der Waals surface area contributed by atoms with E-state index in [2.05, 4.69) is 4.74 Å². The molecule has 1 aliphatic carbocycles. The fourth-order valence-electron chi connectivity index (χ4n) is 2.87. The number of amides is 1. The Kier molecular flexibility index (Phi) is 6.22. The van der Waals surface area contributed by atoms with Crippen molar-refractivity contribution < 1.29 is 41.1 Å². The summed E-state index contributed by atoms with van der Waals surface area (Å²) in [6.45, 7) is 0. The second kappa shape index (κ2) is 8.52. The first-order valence-corrected chi connectivity index (χ1v) is 10.5. The summed E-state index contributed by atoms with van der Waals surface area (Å²) >= 11 is 0. The van der Waals surface area contributed by atoms with Gasteiger partial charge in [-0.15, -0.1) is 13.2 Å². The van der Waals surface area contributed by atoms with E-state index in [0.29, 0.717) is 5.06 Å². The summed E-state index contributed by atoms with van der Waals surface area (Å²) in [6, 6.07) is 9.37. The van der Waals surface area contributed by atoms with Gasteiger partial charge in [0, 0.05) is 0 Å². The number of sulfone groups is 1. The van der Waals surface area contributed by atoms with Gasteiger partial charge in [0.2, 0.25) is 6.41 Å². The quantitative estimate of drug-likeness (QED) is 0.359. The van der Waals surface area contributed by atoms with Crippen molar-refractivity contribution in [1.29, 1.82) is 0 Å². The molecule has 0 aliphatic heterocycles. The molecule has 0 aromatic heterocycles. The van der Waals surface area contributed by atoms with Crippen LogP contribution in [0.15, 0.2) is 53.4 Å². The van der Waals surface area contributed by atoms with Crippen molar-refractivity contribution in [2.45, 2.75) is 30.1 Å². The van der Waals surface area contributed by atoms with Gasteiger partial charge >= 0.3 is 6.36 Å². The van der Waals surface area contributed by atoms with Gasteiger partial charge in [0.1, 0.15) is 17.2 Å².